The second-order valence-corrected chi connectivity index (χ2v) is 7.58. The first-order chi connectivity index (χ1) is 9.92. The number of likely N-dealkylation sites (N-methyl/N-ethyl adjacent to an activating group) is 1. The summed E-state index contributed by atoms with van der Waals surface area (Å²) in [7, 11) is -2.95. The van der Waals surface area contributed by atoms with E-state index in [1.165, 1.54) is 19.1 Å². The van der Waals surface area contributed by atoms with Crippen molar-refractivity contribution in [1.82, 2.24) is 10.2 Å². The fourth-order valence-corrected chi connectivity index (χ4v) is 2.76. The van der Waals surface area contributed by atoms with Crippen LogP contribution >= 0.6 is 24.0 Å². The highest BCUT2D eigenvalue weighted by molar-refractivity contribution is 14.0. The van der Waals surface area contributed by atoms with E-state index in [4.69, 9.17) is 10.5 Å². The number of guanidine groups is 1. The van der Waals surface area contributed by atoms with Gasteiger partial charge in [0.25, 0.3) is 0 Å². The van der Waals surface area contributed by atoms with Gasteiger partial charge >= 0.3 is 0 Å². The highest BCUT2D eigenvalue weighted by Gasteiger charge is 2.22. The average Bonchev–Trinajstić information content (AvgIpc) is 2.86. The molecule has 132 valence electrons. The van der Waals surface area contributed by atoms with Gasteiger partial charge in [0.2, 0.25) is 0 Å². The Kier molecular flexibility index (Phi) is 11.3. The Morgan fingerprint density at radius 1 is 1.45 bits per heavy atom. The van der Waals surface area contributed by atoms with Crippen molar-refractivity contribution < 1.29 is 13.2 Å². The second kappa shape index (κ2) is 11.4. The van der Waals surface area contributed by atoms with E-state index in [0.717, 1.165) is 19.6 Å². The minimum Gasteiger partial charge on any atom is -0.379 e. The molecular formula is C13H29IN4O3S. The van der Waals surface area contributed by atoms with Crippen LogP contribution in [0.3, 0.4) is 0 Å². The summed E-state index contributed by atoms with van der Waals surface area (Å²) in [4.78, 5) is 6.77. The number of hydrogen-bond donors (Lipinski definition) is 2. The summed E-state index contributed by atoms with van der Waals surface area (Å²) in [6, 6.07) is 0.501. The van der Waals surface area contributed by atoms with Crippen molar-refractivity contribution in [3.63, 3.8) is 0 Å². The fourth-order valence-electron chi connectivity index (χ4n) is 2.34. The van der Waals surface area contributed by atoms with Crippen LogP contribution in [0.15, 0.2) is 4.99 Å². The molecule has 0 radical (unpaired) electrons. The minimum absolute atomic E-state index is 0. The molecule has 22 heavy (non-hydrogen) atoms. The first-order valence-corrected chi connectivity index (χ1v) is 9.51. The number of sulfone groups is 1. The molecule has 9 heteroatoms. The van der Waals surface area contributed by atoms with E-state index in [2.05, 4.69) is 22.1 Å². The van der Waals surface area contributed by atoms with Crippen LogP contribution in [0, 0.1) is 0 Å². The molecule has 1 aliphatic rings. The lowest BCUT2D eigenvalue weighted by Crippen LogP contribution is -2.37. The molecule has 1 saturated heterocycles. The van der Waals surface area contributed by atoms with Crippen LogP contribution in [-0.4, -0.2) is 76.7 Å². The van der Waals surface area contributed by atoms with E-state index in [-0.39, 0.29) is 36.3 Å². The number of aliphatic imine (C=N–C) groups is 1. The highest BCUT2D eigenvalue weighted by atomic mass is 127. The smallest absolute Gasteiger partial charge is 0.188 e. The standard InChI is InChI=1S/C13H28N4O3S.HI/c1-3-17-7-4-5-12(17)11-16-13(14)15-6-8-20-9-10-21(2,18)19;/h12H,3-11H2,1-2H3,(H3,14,15,16);1H. The predicted octanol–water partition coefficient (Wildman–Crippen LogP) is 0.0542. The first-order valence-electron chi connectivity index (χ1n) is 7.45. The number of likely N-dealkylation sites (tertiary alicyclic amines) is 1. The summed E-state index contributed by atoms with van der Waals surface area (Å²) < 4.78 is 27.0. The van der Waals surface area contributed by atoms with Gasteiger partial charge in [-0.1, -0.05) is 6.92 Å². The van der Waals surface area contributed by atoms with E-state index in [0.29, 0.717) is 25.2 Å². The number of nitrogens with one attached hydrogen (secondary N) is 1. The largest absolute Gasteiger partial charge is 0.379 e. The average molecular weight is 448 g/mol. The van der Waals surface area contributed by atoms with Crippen LogP contribution in [0.4, 0.5) is 0 Å². The Bertz CT molecular complexity index is 431. The van der Waals surface area contributed by atoms with Gasteiger partial charge in [-0.3, -0.25) is 9.89 Å². The summed E-state index contributed by atoms with van der Waals surface area (Å²) in [5, 5.41) is 2.97. The van der Waals surface area contributed by atoms with Crippen molar-refractivity contribution in [1.29, 1.82) is 0 Å². The quantitative estimate of drug-likeness (QED) is 0.224. The summed E-state index contributed by atoms with van der Waals surface area (Å²) in [5.74, 6) is 0.468. The van der Waals surface area contributed by atoms with Gasteiger partial charge in [-0.05, 0) is 25.9 Å². The Morgan fingerprint density at radius 2 is 2.18 bits per heavy atom. The number of rotatable bonds is 9. The highest BCUT2D eigenvalue weighted by Crippen LogP contribution is 2.16. The molecule has 0 saturated carbocycles. The summed E-state index contributed by atoms with van der Waals surface area (Å²) in [5.41, 5.74) is 5.79. The number of hydrogen-bond acceptors (Lipinski definition) is 5. The molecule has 0 aliphatic carbocycles. The molecule has 1 atom stereocenters. The third-order valence-electron chi connectivity index (χ3n) is 3.53. The molecule has 7 nitrogen and oxygen atoms in total. The third-order valence-corrected chi connectivity index (χ3v) is 4.44. The summed E-state index contributed by atoms with van der Waals surface area (Å²) in [6.45, 7) is 6.25. The lowest BCUT2D eigenvalue weighted by atomic mass is 10.2. The monoisotopic (exact) mass is 448 g/mol. The van der Waals surface area contributed by atoms with Crippen molar-refractivity contribution in [2.24, 2.45) is 10.7 Å². The molecule has 1 rings (SSSR count). The van der Waals surface area contributed by atoms with Crippen LogP contribution in [0.25, 0.3) is 0 Å². The van der Waals surface area contributed by atoms with E-state index in [1.807, 2.05) is 0 Å². The zero-order chi connectivity index (χ0) is 15.7. The number of ether oxygens (including phenoxy) is 1. The van der Waals surface area contributed by atoms with Crippen molar-refractivity contribution in [2.45, 2.75) is 25.8 Å². The van der Waals surface area contributed by atoms with Gasteiger partial charge in [0, 0.05) is 18.8 Å². The SMILES string of the molecule is CCN1CCCC1CN=C(N)NCCOCCS(C)(=O)=O.I. The molecule has 1 aliphatic heterocycles. The van der Waals surface area contributed by atoms with Crippen molar-refractivity contribution in [2.75, 3.05) is 51.4 Å². The molecular weight excluding hydrogens is 419 g/mol. The van der Waals surface area contributed by atoms with Crippen LogP contribution < -0.4 is 11.1 Å². The molecule has 0 aromatic heterocycles. The van der Waals surface area contributed by atoms with Gasteiger partial charge in [-0.2, -0.15) is 0 Å². The lowest BCUT2D eigenvalue weighted by Gasteiger charge is -2.20. The Hall–Kier alpha value is -0.130. The van der Waals surface area contributed by atoms with Gasteiger partial charge < -0.3 is 15.8 Å². The van der Waals surface area contributed by atoms with Gasteiger partial charge in [0.05, 0.1) is 25.5 Å². The maximum atomic E-state index is 10.9. The Balaban J connectivity index is 0.00000441. The van der Waals surface area contributed by atoms with Gasteiger partial charge in [-0.25, -0.2) is 8.42 Å². The lowest BCUT2D eigenvalue weighted by molar-refractivity contribution is 0.154. The van der Waals surface area contributed by atoms with Crippen molar-refractivity contribution in [3.8, 4) is 0 Å². The van der Waals surface area contributed by atoms with Crippen molar-refractivity contribution >= 4 is 39.8 Å². The fraction of sp³-hybridized carbons (Fsp3) is 0.923. The maximum Gasteiger partial charge on any atom is 0.188 e. The first kappa shape index (κ1) is 21.9. The zero-order valence-corrected chi connectivity index (χ0v) is 16.6. The number of nitrogens with zero attached hydrogens (tertiary/aromatic N) is 2. The molecule has 0 aromatic rings. The van der Waals surface area contributed by atoms with Gasteiger partial charge in [-0.15, -0.1) is 24.0 Å². The van der Waals surface area contributed by atoms with E-state index in [1.54, 1.807) is 0 Å². The zero-order valence-electron chi connectivity index (χ0n) is 13.5. The Labute approximate surface area is 151 Å². The van der Waals surface area contributed by atoms with E-state index in [9.17, 15) is 8.42 Å². The molecule has 0 spiro atoms. The number of nitrogens with two attached hydrogens (primary N) is 1. The number of halogens is 1. The van der Waals surface area contributed by atoms with E-state index >= 15 is 0 Å². The second-order valence-electron chi connectivity index (χ2n) is 5.32. The molecule has 1 unspecified atom stereocenters. The molecule has 1 heterocycles. The minimum atomic E-state index is -2.95. The van der Waals surface area contributed by atoms with Crippen LogP contribution in [0.2, 0.25) is 0 Å². The molecule has 0 bridgehead atoms. The molecule has 0 aromatic carbocycles. The van der Waals surface area contributed by atoms with Crippen LogP contribution in [-0.2, 0) is 14.6 Å². The van der Waals surface area contributed by atoms with Gasteiger partial charge in [0.15, 0.2) is 5.96 Å². The summed E-state index contributed by atoms with van der Waals surface area (Å²) >= 11 is 0. The third kappa shape index (κ3) is 9.80. The summed E-state index contributed by atoms with van der Waals surface area (Å²) in [6.07, 6.45) is 3.61. The Morgan fingerprint density at radius 3 is 2.82 bits per heavy atom. The maximum absolute atomic E-state index is 10.9. The van der Waals surface area contributed by atoms with E-state index < -0.39 is 9.84 Å². The van der Waals surface area contributed by atoms with Crippen LogP contribution in [0.1, 0.15) is 19.8 Å². The topological polar surface area (TPSA) is 97.0 Å². The van der Waals surface area contributed by atoms with Crippen LogP contribution in [0.5, 0.6) is 0 Å². The van der Waals surface area contributed by atoms with Crippen molar-refractivity contribution in [3.05, 3.63) is 0 Å². The predicted molar refractivity (Wildman–Crippen MR) is 101 cm³/mol. The molecule has 3 N–H and O–H groups in total. The van der Waals surface area contributed by atoms with Gasteiger partial charge in [0.1, 0.15) is 9.84 Å². The molecule has 1 fully saturated rings. The normalized spacial score (nSPS) is 19.9. The molecule has 0 amide bonds.